The minimum atomic E-state index is 0.651. The van der Waals surface area contributed by atoms with Crippen LogP contribution in [0.25, 0.3) is 11.0 Å². The molecular weight excluding hydrogens is 376 g/mol. The summed E-state index contributed by atoms with van der Waals surface area (Å²) in [5.74, 6) is 3.04. The zero-order valence-corrected chi connectivity index (χ0v) is 16.9. The van der Waals surface area contributed by atoms with Gasteiger partial charge in [0.05, 0.1) is 30.4 Å². The van der Waals surface area contributed by atoms with E-state index in [2.05, 4.69) is 52.2 Å². The number of aryl methyl sites for hydroxylation is 1. The highest BCUT2D eigenvalue weighted by Crippen LogP contribution is 2.24. The van der Waals surface area contributed by atoms with Crippen molar-refractivity contribution in [2.45, 2.75) is 13.0 Å². The molecule has 3 heterocycles. The summed E-state index contributed by atoms with van der Waals surface area (Å²) in [5.41, 5.74) is 4.66. The van der Waals surface area contributed by atoms with Gasteiger partial charge in [0, 0.05) is 25.7 Å². The van der Waals surface area contributed by atoms with Crippen molar-refractivity contribution in [3.63, 3.8) is 0 Å². The average molecular weight is 400 g/mol. The Morgan fingerprint density at radius 2 is 1.90 bits per heavy atom. The highest BCUT2D eigenvalue weighted by molar-refractivity contribution is 5.79. The summed E-state index contributed by atoms with van der Waals surface area (Å²) in [4.78, 5) is 8.81. The predicted molar refractivity (Wildman–Crippen MR) is 117 cm³/mol. The van der Waals surface area contributed by atoms with Crippen molar-refractivity contribution in [2.24, 2.45) is 13.0 Å². The van der Waals surface area contributed by atoms with Crippen molar-refractivity contribution < 1.29 is 9.47 Å². The zero-order valence-electron chi connectivity index (χ0n) is 16.9. The van der Waals surface area contributed by atoms with E-state index in [-0.39, 0.29) is 0 Å². The second-order valence-electron chi connectivity index (χ2n) is 7.71. The molecule has 1 fully saturated rings. The van der Waals surface area contributed by atoms with Gasteiger partial charge < -0.3 is 19.4 Å². The molecule has 2 aromatic carbocycles. The predicted octanol–water partition coefficient (Wildman–Crippen LogP) is 4.56. The fourth-order valence-electron chi connectivity index (χ4n) is 3.66. The molecule has 0 unspecified atom stereocenters. The second-order valence-corrected chi connectivity index (χ2v) is 7.71. The number of imidazole rings is 1. The number of nitrogens with one attached hydrogen (secondary N) is 1. The van der Waals surface area contributed by atoms with E-state index in [9.17, 15) is 0 Å². The Morgan fingerprint density at radius 3 is 2.63 bits per heavy atom. The van der Waals surface area contributed by atoms with Crippen LogP contribution in [0.1, 0.15) is 11.1 Å². The number of ether oxygens (including phenoxy) is 2. The molecule has 1 saturated heterocycles. The molecule has 0 atom stereocenters. The maximum absolute atomic E-state index is 5.80. The minimum Gasteiger partial charge on any atom is -0.456 e. The Balaban J connectivity index is 1.24. The number of benzene rings is 2. The molecule has 0 radical (unpaired) electrons. The molecule has 0 amide bonds. The Bertz CT molecular complexity index is 1140. The Hall–Kier alpha value is -3.38. The molecule has 1 aliphatic heterocycles. The molecule has 0 aliphatic carbocycles. The smallest absolute Gasteiger partial charge is 0.203 e. The molecule has 5 rings (SSSR count). The molecule has 0 saturated carbocycles. The number of hydrogen-bond acceptors (Lipinski definition) is 5. The third kappa shape index (κ3) is 4.00. The largest absolute Gasteiger partial charge is 0.456 e. The molecule has 4 aromatic rings. The van der Waals surface area contributed by atoms with Crippen LogP contribution >= 0.6 is 0 Å². The van der Waals surface area contributed by atoms with Crippen LogP contribution in [0.15, 0.2) is 67.0 Å². The third-order valence-electron chi connectivity index (χ3n) is 5.42. The highest BCUT2D eigenvalue weighted by Gasteiger charge is 2.19. The van der Waals surface area contributed by atoms with E-state index in [4.69, 9.17) is 14.5 Å². The van der Waals surface area contributed by atoms with Gasteiger partial charge in [0.25, 0.3) is 0 Å². The van der Waals surface area contributed by atoms with Gasteiger partial charge in [0.1, 0.15) is 11.5 Å². The van der Waals surface area contributed by atoms with Crippen molar-refractivity contribution in [3.8, 4) is 11.5 Å². The van der Waals surface area contributed by atoms with Gasteiger partial charge in [-0.25, -0.2) is 4.98 Å². The lowest BCUT2D eigenvalue weighted by atomic mass is 9.98. The van der Waals surface area contributed by atoms with Gasteiger partial charge in [-0.2, -0.15) is 0 Å². The lowest BCUT2D eigenvalue weighted by molar-refractivity contribution is -0.0312. The van der Waals surface area contributed by atoms with Crippen LogP contribution in [-0.2, 0) is 24.8 Å². The first-order valence-electron chi connectivity index (χ1n) is 10.2. The topological polar surface area (TPSA) is 61.2 Å². The van der Waals surface area contributed by atoms with E-state index < -0.39 is 0 Å². The van der Waals surface area contributed by atoms with Gasteiger partial charge >= 0.3 is 0 Å². The van der Waals surface area contributed by atoms with Crippen LogP contribution in [0, 0.1) is 5.92 Å². The Kier molecular flexibility index (Phi) is 5.07. The summed E-state index contributed by atoms with van der Waals surface area (Å²) in [6.45, 7) is 2.45. The first kappa shape index (κ1) is 18.6. The summed E-state index contributed by atoms with van der Waals surface area (Å²) in [6, 6.07) is 18.3. The van der Waals surface area contributed by atoms with Crippen LogP contribution in [-0.4, -0.2) is 27.7 Å². The van der Waals surface area contributed by atoms with E-state index in [1.54, 1.807) is 12.4 Å². The molecule has 1 aliphatic rings. The van der Waals surface area contributed by atoms with Crippen LogP contribution < -0.4 is 10.1 Å². The summed E-state index contributed by atoms with van der Waals surface area (Å²) in [6.07, 6.45) is 4.50. The van der Waals surface area contributed by atoms with Gasteiger partial charge in [0.2, 0.25) is 5.95 Å². The maximum atomic E-state index is 5.80. The summed E-state index contributed by atoms with van der Waals surface area (Å²) in [7, 11) is 2.05. The van der Waals surface area contributed by atoms with Gasteiger partial charge in [-0.05, 0) is 53.9 Å². The van der Waals surface area contributed by atoms with E-state index in [1.165, 1.54) is 5.56 Å². The first-order valence-corrected chi connectivity index (χ1v) is 10.2. The minimum absolute atomic E-state index is 0.651. The van der Waals surface area contributed by atoms with Crippen LogP contribution in [0.2, 0.25) is 0 Å². The molecule has 0 spiro atoms. The van der Waals surface area contributed by atoms with E-state index in [0.29, 0.717) is 12.5 Å². The number of aromatic nitrogens is 3. The fourth-order valence-corrected chi connectivity index (χ4v) is 3.66. The number of fused-ring (bicyclic) bond motifs is 1. The van der Waals surface area contributed by atoms with Crippen molar-refractivity contribution in [2.75, 3.05) is 18.5 Å². The number of hydrogen-bond donors (Lipinski definition) is 1. The standard InChI is InChI=1S/C24H24N4O2/c1-28-23-12-18(11-19-15-29-16-19)6-9-22(23)27-24(28)26-13-17-4-7-20(8-5-17)30-21-3-2-10-25-14-21/h2-10,12,14,19H,11,13,15-16H2,1H3,(H,26,27). The molecule has 0 bridgehead atoms. The van der Waals surface area contributed by atoms with E-state index in [0.717, 1.165) is 53.7 Å². The normalized spacial score (nSPS) is 13.9. The molecular formula is C24H24N4O2. The van der Waals surface area contributed by atoms with Gasteiger partial charge in [0.15, 0.2) is 0 Å². The van der Waals surface area contributed by atoms with Gasteiger partial charge in [-0.1, -0.05) is 18.2 Å². The lowest BCUT2D eigenvalue weighted by Gasteiger charge is -2.25. The molecule has 152 valence electrons. The number of anilines is 1. The van der Waals surface area contributed by atoms with Crippen molar-refractivity contribution in [1.29, 1.82) is 0 Å². The summed E-state index contributed by atoms with van der Waals surface area (Å²) >= 11 is 0. The van der Waals surface area contributed by atoms with Crippen LogP contribution in [0.4, 0.5) is 5.95 Å². The van der Waals surface area contributed by atoms with Crippen LogP contribution in [0.5, 0.6) is 11.5 Å². The number of rotatable bonds is 7. The highest BCUT2D eigenvalue weighted by atomic mass is 16.5. The van der Waals surface area contributed by atoms with Gasteiger partial charge in [-0.15, -0.1) is 0 Å². The second kappa shape index (κ2) is 8.16. The first-order chi connectivity index (χ1) is 14.7. The number of pyridine rings is 1. The Morgan fingerprint density at radius 1 is 1.07 bits per heavy atom. The van der Waals surface area contributed by atoms with Crippen molar-refractivity contribution in [3.05, 3.63) is 78.1 Å². The SMILES string of the molecule is Cn1c(NCc2ccc(Oc3cccnc3)cc2)nc2ccc(CC3COC3)cc21. The molecule has 30 heavy (non-hydrogen) atoms. The maximum Gasteiger partial charge on any atom is 0.203 e. The quantitative estimate of drug-likeness (QED) is 0.493. The summed E-state index contributed by atoms with van der Waals surface area (Å²) in [5, 5.41) is 3.45. The molecule has 6 heteroatoms. The molecule has 1 N–H and O–H groups in total. The van der Waals surface area contributed by atoms with Crippen molar-refractivity contribution >= 4 is 17.0 Å². The fraction of sp³-hybridized carbons (Fsp3) is 0.250. The average Bonchev–Trinajstić information content (AvgIpc) is 3.06. The monoisotopic (exact) mass is 400 g/mol. The number of nitrogens with zero attached hydrogens (tertiary/aromatic N) is 3. The molecule has 6 nitrogen and oxygen atoms in total. The van der Waals surface area contributed by atoms with E-state index >= 15 is 0 Å². The molecule has 2 aromatic heterocycles. The third-order valence-corrected chi connectivity index (χ3v) is 5.42. The van der Waals surface area contributed by atoms with Crippen LogP contribution in [0.3, 0.4) is 0 Å². The van der Waals surface area contributed by atoms with Gasteiger partial charge in [-0.3, -0.25) is 4.98 Å². The van der Waals surface area contributed by atoms with Crippen molar-refractivity contribution in [1.82, 2.24) is 14.5 Å². The zero-order chi connectivity index (χ0) is 20.3. The lowest BCUT2D eigenvalue weighted by Crippen LogP contribution is -2.29. The van der Waals surface area contributed by atoms with E-state index in [1.807, 2.05) is 24.3 Å². The Labute approximate surface area is 175 Å². The summed E-state index contributed by atoms with van der Waals surface area (Å²) < 4.78 is 13.2.